The van der Waals surface area contributed by atoms with E-state index < -0.39 is 18.4 Å². The predicted molar refractivity (Wildman–Crippen MR) is 43.5 cm³/mol. The van der Waals surface area contributed by atoms with Gasteiger partial charge in [-0.1, -0.05) is 30.3 Å². The Morgan fingerprint density at radius 3 is 1.93 bits per heavy atom. The fourth-order valence-corrected chi connectivity index (χ4v) is 1.01. The summed E-state index contributed by atoms with van der Waals surface area (Å²) in [5.74, 6) is 0. The molecule has 0 aliphatic rings. The molecular formula is C9H9F3O2. The van der Waals surface area contributed by atoms with Crippen molar-refractivity contribution in [3.05, 3.63) is 35.9 Å². The first-order valence-electron chi connectivity index (χ1n) is 3.90. The van der Waals surface area contributed by atoms with Crippen LogP contribution >= 0.6 is 0 Å². The van der Waals surface area contributed by atoms with Gasteiger partial charge in [0.05, 0.1) is 0 Å². The number of alkyl halides is 3. The van der Waals surface area contributed by atoms with Crippen molar-refractivity contribution in [2.24, 2.45) is 0 Å². The molecule has 0 bridgehead atoms. The minimum Gasteiger partial charge on any atom is -0.385 e. The maximum Gasteiger partial charge on any atom is 0.417 e. The molecule has 0 amide bonds. The van der Waals surface area contributed by atoms with Gasteiger partial charge in [-0.05, 0) is 5.56 Å². The van der Waals surface area contributed by atoms with Gasteiger partial charge in [0.15, 0.2) is 6.10 Å². The summed E-state index contributed by atoms with van der Waals surface area (Å²) in [6.07, 6.45) is -9.49. The SMILES string of the molecule is O[C@H](c1ccccc1)[C@H](O)C(F)(F)F. The van der Waals surface area contributed by atoms with Crippen LogP contribution < -0.4 is 0 Å². The Balaban J connectivity index is 2.81. The fraction of sp³-hybridized carbons (Fsp3) is 0.333. The lowest BCUT2D eigenvalue weighted by Crippen LogP contribution is -2.34. The van der Waals surface area contributed by atoms with E-state index in [1.807, 2.05) is 0 Å². The highest BCUT2D eigenvalue weighted by Crippen LogP contribution is 2.29. The number of hydrogen-bond donors (Lipinski definition) is 2. The number of hydrogen-bond acceptors (Lipinski definition) is 2. The van der Waals surface area contributed by atoms with Gasteiger partial charge in [0, 0.05) is 0 Å². The summed E-state index contributed by atoms with van der Waals surface area (Å²) < 4.78 is 35.9. The number of halogens is 3. The molecule has 78 valence electrons. The molecule has 2 nitrogen and oxygen atoms in total. The lowest BCUT2D eigenvalue weighted by atomic mass is 10.0. The van der Waals surface area contributed by atoms with E-state index in [9.17, 15) is 13.2 Å². The van der Waals surface area contributed by atoms with Gasteiger partial charge >= 0.3 is 6.18 Å². The Morgan fingerprint density at radius 1 is 1.00 bits per heavy atom. The number of aliphatic hydroxyl groups is 2. The lowest BCUT2D eigenvalue weighted by molar-refractivity contribution is -0.231. The molecular weight excluding hydrogens is 197 g/mol. The molecule has 0 spiro atoms. The molecule has 0 aliphatic carbocycles. The molecule has 0 saturated heterocycles. The van der Waals surface area contributed by atoms with Gasteiger partial charge in [0.1, 0.15) is 6.10 Å². The van der Waals surface area contributed by atoms with Crippen molar-refractivity contribution in [2.45, 2.75) is 18.4 Å². The van der Waals surface area contributed by atoms with Gasteiger partial charge in [-0.3, -0.25) is 0 Å². The minimum absolute atomic E-state index is 0.0392. The van der Waals surface area contributed by atoms with Gasteiger partial charge in [-0.25, -0.2) is 0 Å². The monoisotopic (exact) mass is 206 g/mol. The summed E-state index contributed by atoms with van der Waals surface area (Å²) >= 11 is 0. The fourth-order valence-electron chi connectivity index (χ4n) is 1.01. The molecule has 0 aliphatic heterocycles. The van der Waals surface area contributed by atoms with Crippen molar-refractivity contribution in [2.75, 3.05) is 0 Å². The van der Waals surface area contributed by atoms with Crippen LogP contribution in [0.4, 0.5) is 13.2 Å². The zero-order valence-corrected chi connectivity index (χ0v) is 7.07. The van der Waals surface area contributed by atoms with Crippen molar-refractivity contribution in [3.63, 3.8) is 0 Å². The van der Waals surface area contributed by atoms with E-state index in [1.165, 1.54) is 24.3 Å². The Bertz CT molecular complexity index is 284. The van der Waals surface area contributed by atoms with Gasteiger partial charge in [-0.15, -0.1) is 0 Å². The van der Waals surface area contributed by atoms with E-state index in [0.29, 0.717) is 0 Å². The first kappa shape index (κ1) is 11.0. The van der Waals surface area contributed by atoms with Gasteiger partial charge in [0.2, 0.25) is 0 Å². The van der Waals surface area contributed by atoms with Crippen LogP contribution in [-0.2, 0) is 0 Å². The summed E-state index contributed by atoms with van der Waals surface area (Å²) in [7, 11) is 0. The second-order valence-electron chi connectivity index (χ2n) is 2.84. The smallest absolute Gasteiger partial charge is 0.385 e. The maximum absolute atomic E-state index is 12.0. The molecule has 1 rings (SSSR count). The second-order valence-corrected chi connectivity index (χ2v) is 2.84. The highest BCUT2D eigenvalue weighted by molar-refractivity contribution is 5.18. The molecule has 5 heteroatoms. The minimum atomic E-state index is -4.81. The van der Waals surface area contributed by atoms with Crippen LogP contribution in [0.25, 0.3) is 0 Å². The van der Waals surface area contributed by atoms with Crippen LogP contribution in [0.2, 0.25) is 0 Å². The van der Waals surface area contributed by atoms with Gasteiger partial charge in [-0.2, -0.15) is 13.2 Å². The van der Waals surface area contributed by atoms with Crippen LogP contribution in [0.5, 0.6) is 0 Å². The van der Waals surface area contributed by atoms with Crippen LogP contribution in [-0.4, -0.2) is 22.5 Å². The average molecular weight is 206 g/mol. The topological polar surface area (TPSA) is 40.5 Å². The zero-order valence-electron chi connectivity index (χ0n) is 7.07. The first-order chi connectivity index (χ1) is 6.43. The highest BCUT2D eigenvalue weighted by Gasteiger charge is 2.43. The van der Waals surface area contributed by atoms with E-state index in [2.05, 4.69) is 0 Å². The van der Waals surface area contributed by atoms with Crippen LogP contribution in [0.1, 0.15) is 11.7 Å². The van der Waals surface area contributed by atoms with Crippen molar-refractivity contribution < 1.29 is 23.4 Å². The summed E-state index contributed by atoms with van der Waals surface area (Å²) in [6.45, 7) is 0. The van der Waals surface area contributed by atoms with E-state index in [1.54, 1.807) is 6.07 Å². The summed E-state index contributed by atoms with van der Waals surface area (Å²) in [5.41, 5.74) is 0.0392. The third kappa shape index (κ3) is 2.46. The summed E-state index contributed by atoms with van der Waals surface area (Å²) in [6, 6.07) is 7.22. The number of aliphatic hydroxyl groups excluding tert-OH is 2. The van der Waals surface area contributed by atoms with E-state index in [0.717, 1.165) is 0 Å². The number of benzene rings is 1. The van der Waals surface area contributed by atoms with Gasteiger partial charge in [0.25, 0.3) is 0 Å². The van der Waals surface area contributed by atoms with Crippen LogP contribution in [0.3, 0.4) is 0 Å². The van der Waals surface area contributed by atoms with Crippen LogP contribution in [0, 0.1) is 0 Å². The lowest BCUT2D eigenvalue weighted by Gasteiger charge is -2.20. The van der Waals surface area contributed by atoms with Crippen molar-refractivity contribution in [1.29, 1.82) is 0 Å². The molecule has 0 saturated carbocycles. The van der Waals surface area contributed by atoms with E-state index in [4.69, 9.17) is 10.2 Å². The Kier molecular flexibility index (Phi) is 3.13. The third-order valence-electron chi connectivity index (χ3n) is 1.78. The molecule has 0 fully saturated rings. The molecule has 14 heavy (non-hydrogen) atoms. The number of rotatable bonds is 2. The Hall–Kier alpha value is -1.07. The van der Waals surface area contributed by atoms with Crippen molar-refractivity contribution in [1.82, 2.24) is 0 Å². The molecule has 0 aromatic heterocycles. The molecule has 0 heterocycles. The predicted octanol–water partition coefficient (Wildman–Crippen LogP) is 1.64. The maximum atomic E-state index is 12.0. The zero-order chi connectivity index (χ0) is 10.8. The summed E-state index contributed by atoms with van der Waals surface area (Å²) in [5, 5.41) is 17.9. The standard InChI is InChI=1S/C9H9F3O2/c10-9(11,12)8(14)7(13)6-4-2-1-3-5-6/h1-5,7-8,13-14H/t7-,8+/m1/s1. The first-order valence-corrected chi connectivity index (χ1v) is 3.90. The highest BCUT2D eigenvalue weighted by atomic mass is 19.4. The Morgan fingerprint density at radius 2 is 1.50 bits per heavy atom. The quantitative estimate of drug-likeness (QED) is 0.772. The molecule has 0 radical (unpaired) electrons. The molecule has 1 aromatic carbocycles. The Labute approximate surface area is 78.6 Å². The third-order valence-corrected chi connectivity index (χ3v) is 1.78. The van der Waals surface area contributed by atoms with Gasteiger partial charge < -0.3 is 10.2 Å². The molecule has 2 N–H and O–H groups in total. The second kappa shape index (κ2) is 3.98. The average Bonchev–Trinajstić information content (AvgIpc) is 2.15. The van der Waals surface area contributed by atoms with Crippen molar-refractivity contribution >= 4 is 0 Å². The van der Waals surface area contributed by atoms with Crippen LogP contribution in [0.15, 0.2) is 30.3 Å². The largest absolute Gasteiger partial charge is 0.417 e. The van der Waals surface area contributed by atoms with Crippen molar-refractivity contribution in [3.8, 4) is 0 Å². The normalized spacial score (nSPS) is 16.4. The molecule has 2 atom stereocenters. The summed E-state index contributed by atoms with van der Waals surface area (Å²) in [4.78, 5) is 0. The van der Waals surface area contributed by atoms with E-state index in [-0.39, 0.29) is 5.56 Å². The molecule has 1 aromatic rings. The van der Waals surface area contributed by atoms with E-state index >= 15 is 0 Å². The molecule has 0 unspecified atom stereocenters.